The monoisotopic (exact) mass is 289 g/mol. The van der Waals surface area contributed by atoms with Gasteiger partial charge >= 0.3 is 5.97 Å². The zero-order chi connectivity index (χ0) is 15.2. The lowest BCUT2D eigenvalue weighted by molar-refractivity contribution is 0.0696. The maximum atomic E-state index is 11.1. The number of ether oxygens (including phenoxy) is 3. The predicted octanol–water partition coefficient (Wildman–Crippen LogP) is 2.38. The summed E-state index contributed by atoms with van der Waals surface area (Å²) in [4.78, 5) is 15.0. The van der Waals surface area contributed by atoms with E-state index in [0.717, 1.165) is 5.56 Å². The quantitative estimate of drug-likeness (QED) is 0.879. The molecule has 0 saturated heterocycles. The van der Waals surface area contributed by atoms with Crippen molar-refractivity contribution in [2.75, 3.05) is 14.2 Å². The topological polar surface area (TPSA) is 77.9 Å². The fraction of sp³-hybridized carbons (Fsp3) is 0.200. The van der Waals surface area contributed by atoms with Gasteiger partial charge in [-0.15, -0.1) is 0 Å². The molecule has 6 heteroatoms. The molecule has 0 aliphatic rings. The Hall–Kier alpha value is -2.76. The van der Waals surface area contributed by atoms with Crippen LogP contribution in [0.4, 0.5) is 0 Å². The highest BCUT2D eigenvalue weighted by Crippen LogP contribution is 2.39. The summed E-state index contributed by atoms with van der Waals surface area (Å²) < 4.78 is 16.1. The van der Waals surface area contributed by atoms with Gasteiger partial charge in [0, 0.05) is 12.4 Å². The largest absolute Gasteiger partial charge is 0.493 e. The fourth-order valence-corrected chi connectivity index (χ4v) is 1.78. The van der Waals surface area contributed by atoms with Gasteiger partial charge in [-0.2, -0.15) is 0 Å². The van der Waals surface area contributed by atoms with E-state index in [1.165, 1.54) is 26.4 Å². The molecule has 0 aliphatic carbocycles. The Morgan fingerprint density at radius 3 is 2.19 bits per heavy atom. The highest BCUT2D eigenvalue weighted by molar-refractivity contribution is 5.89. The average Bonchev–Trinajstić information content (AvgIpc) is 2.52. The molecule has 1 aromatic carbocycles. The SMILES string of the molecule is COc1cc(C(=O)O)cc(OC)c1OCc1ccncc1. The van der Waals surface area contributed by atoms with Crippen LogP contribution in [-0.2, 0) is 6.61 Å². The molecular formula is C15H15NO5. The number of benzene rings is 1. The number of carboxylic acid groups (broad SMARTS) is 1. The number of carboxylic acids is 1. The van der Waals surface area contributed by atoms with Crippen molar-refractivity contribution in [3.05, 3.63) is 47.8 Å². The molecule has 1 aromatic heterocycles. The smallest absolute Gasteiger partial charge is 0.335 e. The number of pyridine rings is 1. The van der Waals surface area contributed by atoms with Crippen LogP contribution in [0.1, 0.15) is 15.9 Å². The van der Waals surface area contributed by atoms with E-state index in [1.807, 2.05) is 12.1 Å². The molecular weight excluding hydrogens is 274 g/mol. The molecule has 1 heterocycles. The number of rotatable bonds is 6. The van der Waals surface area contributed by atoms with Gasteiger partial charge < -0.3 is 19.3 Å². The molecule has 0 radical (unpaired) electrons. The molecule has 6 nitrogen and oxygen atoms in total. The van der Waals surface area contributed by atoms with Crippen LogP contribution >= 0.6 is 0 Å². The Balaban J connectivity index is 2.31. The van der Waals surface area contributed by atoms with E-state index >= 15 is 0 Å². The van der Waals surface area contributed by atoms with Crippen LogP contribution in [0.15, 0.2) is 36.7 Å². The van der Waals surface area contributed by atoms with Gasteiger partial charge in [0.15, 0.2) is 11.5 Å². The second-order valence-electron chi connectivity index (χ2n) is 4.16. The second kappa shape index (κ2) is 6.60. The summed E-state index contributed by atoms with van der Waals surface area (Å²) in [5.74, 6) is -0.0873. The van der Waals surface area contributed by atoms with Crippen LogP contribution in [0.2, 0.25) is 0 Å². The molecule has 110 valence electrons. The maximum absolute atomic E-state index is 11.1. The Bertz CT molecular complexity index is 602. The second-order valence-corrected chi connectivity index (χ2v) is 4.16. The van der Waals surface area contributed by atoms with Gasteiger partial charge in [0.1, 0.15) is 6.61 Å². The summed E-state index contributed by atoms with van der Waals surface area (Å²) in [5, 5.41) is 9.06. The minimum absolute atomic E-state index is 0.0694. The number of aromatic carboxylic acids is 1. The number of hydrogen-bond acceptors (Lipinski definition) is 5. The van der Waals surface area contributed by atoms with E-state index in [-0.39, 0.29) is 5.56 Å². The van der Waals surface area contributed by atoms with Crippen LogP contribution in [0.25, 0.3) is 0 Å². The van der Waals surface area contributed by atoms with Gasteiger partial charge in [0.05, 0.1) is 19.8 Å². The first kappa shape index (κ1) is 14.6. The highest BCUT2D eigenvalue weighted by atomic mass is 16.5. The molecule has 0 saturated carbocycles. The highest BCUT2D eigenvalue weighted by Gasteiger charge is 2.17. The van der Waals surface area contributed by atoms with E-state index in [2.05, 4.69) is 4.98 Å². The van der Waals surface area contributed by atoms with Gasteiger partial charge in [0.2, 0.25) is 5.75 Å². The first-order valence-corrected chi connectivity index (χ1v) is 6.16. The summed E-state index contributed by atoms with van der Waals surface area (Å²) in [6, 6.07) is 6.44. The third-order valence-corrected chi connectivity index (χ3v) is 2.84. The molecule has 0 fully saturated rings. The van der Waals surface area contributed by atoms with Gasteiger partial charge in [-0.3, -0.25) is 4.98 Å². The lowest BCUT2D eigenvalue weighted by Gasteiger charge is -2.15. The van der Waals surface area contributed by atoms with Crippen molar-refractivity contribution in [2.24, 2.45) is 0 Å². The third-order valence-electron chi connectivity index (χ3n) is 2.84. The Morgan fingerprint density at radius 2 is 1.71 bits per heavy atom. The summed E-state index contributed by atoms with van der Waals surface area (Å²) in [7, 11) is 2.89. The zero-order valence-corrected chi connectivity index (χ0v) is 11.7. The number of hydrogen-bond donors (Lipinski definition) is 1. The third kappa shape index (κ3) is 3.42. The van der Waals surface area contributed by atoms with Crippen molar-refractivity contribution in [3.8, 4) is 17.2 Å². The van der Waals surface area contributed by atoms with Crippen molar-refractivity contribution < 1.29 is 24.1 Å². The lowest BCUT2D eigenvalue weighted by atomic mass is 10.2. The molecule has 2 aromatic rings. The van der Waals surface area contributed by atoms with Gasteiger partial charge in [-0.05, 0) is 29.8 Å². The molecule has 0 unspecified atom stereocenters. The molecule has 0 atom stereocenters. The van der Waals surface area contributed by atoms with Crippen LogP contribution in [0.5, 0.6) is 17.2 Å². The first-order chi connectivity index (χ1) is 10.2. The molecule has 0 aliphatic heterocycles. The first-order valence-electron chi connectivity index (χ1n) is 6.16. The van der Waals surface area contributed by atoms with E-state index in [1.54, 1.807) is 12.4 Å². The van der Waals surface area contributed by atoms with Crippen molar-refractivity contribution in [1.82, 2.24) is 4.98 Å². The zero-order valence-electron chi connectivity index (χ0n) is 11.7. The summed E-state index contributed by atoms with van der Waals surface area (Å²) >= 11 is 0. The van der Waals surface area contributed by atoms with Gasteiger partial charge in [-0.25, -0.2) is 4.79 Å². The van der Waals surface area contributed by atoms with Gasteiger partial charge in [0.25, 0.3) is 0 Å². The molecule has 21 heavy (non-hydrogen) atoms. The van der Waals surface area contributed by atoms with Crippen LogP contribution < -0.4 is 14.2 Å². The molecule has 1 N–H and O–H groups in total. The minimum atomic E-state index is -1.06. The van der Waals surface area contributed by atoms with Crippen molar-refractivity contribution >= 4 is 5.97 Å². The van der Waals surface area contributed by atoms with Crippen molar-refractivity contribution in [1.29, 1.82) is 0 Å². The van der Waals surface area contributed by atoms with Crippen molar-refractivity contribution in [3.63, 3.8) is 0 Å². The van der Waals surface area contributed by atoms with E-state index in [0.29, 0.717) is 23.9 Å². The van der Waals surface area contributed by atoms with Crippen LogP contribution in [-0.4, -0.2) is 30.3 Å². The predicted molar refractivity (Wildman–Crippen MR) is 75.1 cm³/mol. The Labute approximate surface area is 121 Å². The molecule has 2 rings (SSSR count). The van der Waals surface area contributed by atoms with E-state index in [4.69, 9.17) is 19.3 Å². The van der Waals surface area contributed by atoms with Crippen molar-refractivity contribution in [2.45, 2.75) is 6.61 Å². The molecule has 0 bridgehead atoms. The molecule has 0 amide bonds. The van der Waals surface area contributed by atoms with Gasteiger partial charge in [-0.1, -0.05) is 0 Å². The van der Waals surface area contributed by atoms with Crippen LogP contribution in [0, 0.1) is 0 Å². The maximum Gasteiger partial charge on any atom is 0.335 e. The number of methoxy groups -OCH3 is 2. The number of aromatic nitrogens is 1. The standard InChI is InChI=1S/C15H15NO5/c1-19-12-7-11(15(17)18)8-13(20-2)14(12)21-9-10-3-5-16-6-4-10/h3-8H,9H2,1-2H3,(H,17,18). The number of carbonyl (C=O) groups is 1. The number of nitrogens with zero attached hydrogens (tertiary/aromatic N) is 1. The molecule has 0 spiro atoms. The van der Waals surface area contributed by atoms with E-state index in [9.17, 15) is 4.79 Å². The average molecular weight is 289 g/mol. The Morgan fingerprint density at radius 1 is 1.14 bits per heavy atom. The normalized spacial score (nSPS) is 10.0. The summed E-state index contributed by atoms with van der Waals surface area (Å²) in [6.45, 7) is 0.293. The summed E-state index contributed by atoms with van der Waals surface area (Å²) in [5.41, 5.74) is 0.997. The van der Waals surface area contributed by atoms with Crippen LogP contribution in [0.3, 0.4) is 0 Å². The Kier molecular flexibility index (Phi) is 4.61. The fourth-order valence-electron chi connectivity index (χ4n) is 1.78. The lowest BCUT2D eigenvalue weighted by Crippen LogP contribution is -2.03. The summed E-state index contributed by atoms with van der Waals surface area (Å²) in [6.07, 6.45) is 3.33. The minimum Gasteiger partial charge on any atom is -0.493 e. The van der Waals surface area contributed by atoms with E-state index < -0.39 is 5.97 Å².